The molecule has 0 fully saturated rings. The van der Waals surface area contributed by atoms with Crippen LogP contribution in [0.3, 0.4) is 0 Å². The minimum atomic E-state index is 0.330. The summed E-state index contributed by atoms with van der Waals surface area (Å²) in [5, 5.41) is 9.15. The molecule has 88 valence electrons. The monoisotopic (exact) mass is 282 g/mol. The summed E-state index contributed by atoms with van der Waals surface area (Å²) in [6, 6.07) is 0. The van der Waals surface area contributed by atoms with Crippen molar-refractivity contribution >= 4 is 50.7 Å². The number of hydrogen-bond acceptors (Lipinski definition) is 4. The molecule has 0 aliphatic heterocycles. The molecule has 0 bridgehead atoms. The van der Waals surface area contributed by atoms with Gasteiger partial charge in [-0.25, -0.2) is 9.66 Å². The van der Waals surface area contributed by atoms with E-state index in [2.05, 4.69) is 23.0 Å². The Bertz CT molecular complexity index is 670. The molecule has 4 nitrogen and oxygen atoms in total. The highest BCUT2D eigenvalue weighted by Gasteiger charge is 2.19. The fraction of sp³-hybridized carbons (Fsp3) is 0.300. The Morgan fingerprint density at radius 1 is 1.59 bits per heavy atom. The molecule has 0 saturated carbocycles. The normalized spacial score (nSPS) is 13.9. The van der Waals surface area contributed by atoms with Gasteiger partial charge in [0.1, 0.15) is 15.5 Å². The maximum Gasteiger partial charge on any atom is 0.156 e. The SMILES string of the molecule is N=c1c2c3c(sc2ncn1NC(=S)S)CCC3. The van der Waals surface area contributed by atoms with Crippen molar-refractivity contribution in [3.63, 3.8) is 0 Å². The minimum absolute atomic E-state index is 0.330. The van der Waals surface area contributed by atoms with Crippen LogP contribution in [0.1, 0.15) is 16.9 Å². The van der Waals surface area contributed by atoms with Crippen LogP contribution in [0.4, 0.5) is 0 Å². The largest absolute Gasteiger partial charge is 0.282 e. The van der Waals surface area contributed by atoms with Gasteiger partial charge in [-0.05, 0) is 24.8 Å². The van der Waals surface area contributed by atoms with E-state index < -0.39 is 0 Å². The summed E-state index contributed by atoms with van der Waals surface area (Å²) in [5.74, 6) is 0. The number of thiophene rings is 1. The van der Waals surface area contributed by atoms with Gasteiger partial charge in [0.2, 0.25) is 0 Å². The Balaban J connectivity index is 2.26. The van der Waals surface area contributed by atoms with E-state index in [1.165, 1.54) is 21.5 Å². The molecule has 0 aromatic carbocycles. The van der Waals surface area contributed by atoms with E-state index in [1.54, 1.807) is 17.7 Å². The highest BCUT2D eigenvalue weighted by molar-refractivity contribution is 8.11. The number of thiocarbonyl (C=S) groups is 1. The number of aromatic nitrogens is 2. The smallest absolute Gasteiger partial charge is 0.156 e. The number of fused-ring (bicyclic) bond motifs is 3. The molecule has 2 N–H and O–H groups in total. The molecule has 3 rings (SSSR count). The Kier molecular flexibility index (Phi) is 2.68. The fourth-order valence-electron chi connectivity index (χ4n) is 2.20. The van der Waals surface area contributed by atoms with Crippen molar-refractivity contribution in [1.29, 1.82) is 5.41 Å². The van der Waals surface area contributed by atoms with Crippen molar-refractivity contribution in [1.82, 2.24) is 9.66 Å². The lowest BCUT2D eigenvalue weighted by atomic mass is 10.2. The number of nitrogens with one attached hydrogen (secondary N) is 2. The molecule has 0 radical (unpaired) electrons. The maximum atomic E-state index is 8.19. The molecule has 2 aromatic heterocycles. The number of hydrogen-bond donors (Lipinski definition) is 3. The third-order valence-corrected chi connectivity index (χ3v) is 4.28. The first-order chi connectivity index (χ1) is 8.16. The predicted octanol–water partition coefficient (Wildman–Crippen LogP) is 1.82. The number of aryl methyl sites for hydroxylation is 2. The van der Waals surface area contributed by atoms with Crippen molar-refractivity contribution in [2.24, 2.45) is 0 Å². The van der Waals surface area contributed by atoms with Crippen LogP contribution in [-0.4, -0.2) is 14.0 Å². The summed E-state index contributed by atoms with van der Waals surface area (Å²) in [6.07, 6.45) is 4.94. The van der Waals surface area contributed by atoms with Gasteiger partial charge in [-0.3, -0.25) is 10.8 Å². The zero-order valence-electron chi connectivity index (χ0n) is 8.86. The molecule has 7 heteroatoms. The molecule has 17 heavy (non-hydrogen) atoms. The third-order valence-electron chi connectivity index (χ3n) is 2.89. The van der Waals surface area contributed by atoms with Crippen LogP contribution < -0.4 is 10.9 Å². The van der Waals surface area contributed by atoms with E-state index in [9.17, 15) is 0 Å². The standard InChI is InChI=1S/C10H10N4S3/c11-8-7-5-2-1-3-6(5)17-9(7)12-4-14(8)13-10(15)16/h4,11H,1-3H2,(H2,13,15,16). The van der Waals surface area contributed by atoms with E-state index in [-0.39, 0.29) is 0 Å². The van der Waals surface area contributed by atoms with Crippen LogP contribution in [0.25, 0.3) is 10.2 Å². The molecule has 0 atom stereocenters. The van der Waals surface area contributed by atoms with Gasteiger partial charge in [0.15, 0.2) is 5.49 Å². The topological polar surface area (TPSA) is 53.7 Å². The van der Waals surface area contributed by atoms with Crippen molar-refractivity contribution in [3.05, 3.63) is 22.3 Å². The first kappa shape index (κ1) is 11.2. The van der Waals surface area contributed by atoms with Crippen LogP contribution in [-0.2, 0) is 12.8 Å². The first-order valence-electron chi connectivity index (χ1n) is 5.23. The van der Waals surface area contributed by atoms with Crippen LogP contribution in [0, 0.1) is 5.41 Å². The molecule has 0 amide bonds. The lowest BCUT2D eigenvalue weighted by Gasteiger charge is -2.07. The Morgan fingerprint density at radius 2 is 2.41 bits per heavy atom. The van der Waals surface area contributed by atoms with Crippen LogP contribution in [0.15, 0.2) is 6.33 Å². The van der Waals surface area contributed by atoms with Crippen LogP contribution >= 0.6 is 36.2 Å². The van der Waals surface area contributed by atoms with Gasteiger partial charge in [-0.2, -0.15) is 0 Å². The Hall–Kier alpha value is -0.920. The Morgan fingerprint density at radius 3 is 3.18 bits per heavy atom. The summed E-state index contributed by atoms with van der Waals surface area (Å²) in [4.78, 5) is 6.69. The minimum Gasteiger partial charge on any atom is -0.282 e. The van der Waals surface area contributed by atoms with E-state index in [1.807, 2.05) is 0 Å². The van der Waals surface area contributed by atoms with E-state index in [0.717, 1.165) is 23.1 Å². The highest BCUT2D eigenvalue weighted by Crippen LogP contribution is 2.34. The molecule has 2 heterocycles. The quantitative estimate of drug-likeness (QED) is 0.552. The lowest BCUT2D eigenvalue weighted by Crippen LogP contribution is -2.30. The number of thiol groups is 1. The predicted molar refractivity (Wildman–Crippen MR) is 76.4 cm³/mol. The van der Waals surface area contributed by atoms with Gasteiger partial charge >= 0.3 is 0 Å². The Labute approximate surface area is 113 Å². The van der Waals surface area contributed by atoms with Crippen LogP contribution in [0.5, 0.6) is 0 Å². The van der Waals surface area contributed by atoms with Crippen molar-refractivity contribution in [2.45, 2.75) is 19.3 Å². The second kappa shape index (κ2) is 4.08. The summed E-state index contributed by atoms with van der Waals surface area (Å²) in [6.45, 7) is 0. The first-order valence-corrected chi connectivity index (χ1v) is 6.90. The molecule has 1 aliphatic rings. The fourth-order valence-corrected chi connectivity index (χ4v) is 3.64. The van der Waals surface area contributed by atoms with E-state index >= 15 is 0 Å². The number of nitrogens with zero attached hydrogens (tertiary/aromatic N) is 2. The molecule has 0 saturated heterocycles. The van der Waals surface area contributed by atoms with Crippen molar-refractivity contribution < 1.29 is 0 Å². The molecule has 2 aromatic rings. The van der Waals surface area contributed by atoms with Gasteiger partial charge in [0, 0.05) is 4.88 Å². The van der Waals surface area contributed by atoms with Crippen molar-refractivity contribution in [3.8, 4) is 0 Å². The van der Waals surface area contributed by atoms with E-state index in [0.29, 0.717) is 9.81 Å². The van der Waals surface area contributed by atoms with Crippen LogP contribution in [0.2, 0.25) is 0 Å². The molecule has 1 aliphatic carbocycles. The lowest BCUT2D eigenvalue weighted by molar-refractivity contribution is 0.854. The average molecular weight is 282 g/mol. The van der Waals surface area contributed by atoms with Gasteiger partial charge < -0.3 is 0 Å². The summed E-state index contributed by atoms with van der Waals surface area (Å²) in [5.41, 5.74) is 4.52. The third kappa shape index (κ3) is 1.78. The second-order valence-electron chi connectivity index (χ2n) is 3.92. The van der Waals surface area contributed by atoms with Crippen molar-refractivity contribution in [2.75, 3.05) is 5.43 Å². The summed E-state index contributed by atoms with van der Waals surface area (Å²) < 4.78 is 1.85. The molecular weight excluding hydrogens is 272 g/mol. The number of rotatable bonds is 1. The second-order valence-corrected chi connectivity index (χ2v) is 6.16. The average Bonchev–Trinajstić information content (AvgIpc) is 2.80. The maximum absolute atomic E-state index is 8.19. The highest BCUT2D eigenvalue weighted by atomic mass is 32.1. The van der Waals surface area contributed by atoms with Gasteiger partial charge in [0.05, 0.1) is 5.39 Å². The molecule has 0 unspecified atom stereocenters. The van der Waals surface area contributed by atoms with Gasteiger partial charge in [-0.1, -0.05) is 12.2 Å². The molecule has 0 spiro atoms. The van der Waals surface area contributed by atoms with Gasteiger partial charge in [0.25, 0.3) is 0 Å². The summed E-state index contributed by atoms with van der Waals surface area (Å²) in [7, 11) is 0. The summed E-state index contributed by atoms with van der Waals surface area (Å²) >= 11 is 10.6. The van der Waals surface area contributed by atoms with Gasteiger partial charge in [-0.15, -0.1) is 24.0 Å². The zero-order chi connectivity index (χ0) is 12.0. The zero-order valence-corrected chi connectivity index (χ0v) is 11.4. The molecular formula is C10H10N4S3. The van der Waals surface area contributed by atoms with E-state index in [4.69, 9.17) is 17.6 Å².